The Morgan fingerprint density at radius 3 is 2.12 bits per heavy atom. The zero-order valence-electron chi connectivity index (χ0n) is 14.3. The van der Waals surface area contributed by atoms with E-state index >= 15 is 0 Å². The van der Waals surface area contributed by atoms with Gasteiger partial charge in [-0.15, -0.1) is 0 Å². The zero-order chi connectivity index (χ0) is 18.3. The van der Waals surface area contributed by atoms with E-state index < -0.39 is 6.09 Å². The van der Waals surface area contributed by atoms with Gasteiger partial charge in [0.2, 0.25) is 11.8 Å². The number of hydrogen-bond donors (Lipinski definition) is 4. The molecule has 1 aromatic carbocycles. The van der Waals surface area contributed by atoms with Crippen molar-refractivity contribution in [3.63, 3.8) is 0 Å². The quantitative estimate of drug-likeness (QED) is 0.337. The molecule has 0 spiro atoms. The summed E-state index contributed by atoms with van der Waals surface area (Å²) in [6, 6.07) is 9.38. The number of carbonyl (C=O) groups excluding carboxylic acids is 3. The molecule has 0 radical (unpaired) electrons. The van der Waals surface area contributed by atoms with E-state index in [1.165, 1.54) is 0 Å². The van der Waals surface area contributed by atoms with Crippen LogP contribution in [0, 0.1) is 0 Å². The van der Waals surface area contributed by atoms with Gasteiger partial charge < -0.3 is 26.4 Å². The smallest absolute Gasteiger partial charge is 0.407 e. The molecular formula is C17H26N4O4. The van der Waals surface area contributed by atoms with Crippen LogP contribution >= 0.6 is 0 Å². The SMILES string of the molecule is NCCCNC(=O)CC(=O)NCCCNC(=O)OCc1ccccc1. The molecule has 0 heterocycles. The van der Waals surface area contributed by atoms with E-state index in [9.17, 15) is 14.4 Å². The summed E-state index contributed by atoms with van der Waals surface area (Å²) in [5.41, 5.74) is 6.22. The molecule has 0 bridgehead atoms. The summed E-state index contributed by atoms with van der Waals surface area (Å²) in [5, 5.41) is 7.82. The standard InChI is InChI=1S/C17H26N4O4/c18-8-4-9-19-15(22)12-16(23)20-10-5-11-21-17(24)25-13-14-6-2-1-3-7-14/h1-3,6-7H,4-5,8-13,18H2,(H,19,22)(H,20,23)(H,21,24). The second kappa shape index (κ2) is 12.8. The Morgan fingerprint density at radius 1 is 0.880 bits per heavy atom. The molecule has 0 aliphatic rings. The van der Waals surface area contributed by atoms with Gasteiger partial charge in [0, 0.05) is 19.6 Å². The fourth-order valence-electron chi connectivity index (χ4n) is 1.88. The number of hydrogen-bond acceptors (Lipinski definition) is 5. The van der Waals surface area contributed by atoms with Crippen LogP contribution in [-0.4, -0.2) is 44.1 Å². The molecule has 0 unspecified atom stereocenters. The van der Waals surface area contributed by atoms with Gasteiger partial charge in [0.25, 0.3) is 0 Å². The molecule has 138 valence electrons. The summed E-state index contributed by atoms with van der Waals surface area (Å²) in [5.74, 6) is -0.675. The van der Waals surface area contributed by atoms with Crippen molar-refractivity contribution < 1.29 is 19.1 Å². The Morgan fingerprint density at radius 2 is 1.48 bits per heavy atom. The van der Waals surface area contributed by atoms with E-state index in [1.54, 1.807) is 0 Å². The average Bonchev–Trinajstić information content (AvgIpc) is 2.60. The number of alkyl carbamates (subject to hydrolysis) is 1. The number of nitrogens with one attached hydrogen (secondary N) is 3. The van der Waals surface area contributed by atoms with Gasteiger partial charge in [0.05, 0.1) is 0 Å². The van der Waals surface area contributed by atoms with Crippen molar-refractivity contribution in [3.8, 4) is 0 Å². The first-order chi connectivity index (χ1) is 12.1. The van der Waals surface area contributed by atoms with Crippen LogP contribution in [0.3, 0.4) is 0 Å². The lowest BCUT2D eigenvalue weighted by molar-refractivity contribution is -0.129. The summed E-state index contributed by atoms with van der Waals surface area (Å²) in [6.45, 7) is 1.91. The van der Waals surface area contributed by atoms with Crippen LogP contribution in [0.25, 0.3) is 0 Å². The van der Waals surface area contributed by atoms with Crippen LogP contribution in [0.1, 0.15) is 24.8 Å². The second-order valence-corrected chi connectivity index (χ2v) is 5.36. The Labute approximate surface area is 147 Å². The van der Waals surface area contributed by atoms with Gasteiger partial charge in [-0.05, 0) is 24.9 Å². The normalized spacial score (nSPS) is 9.96. The molecule has 0 aliphatic carbocycles. The molecular weight excluding hydrogens is 324 g/mol. The largest absolute Gasteiger partial charge is 0.445 e. The molecule has 0 atom stereocenters. The molecule has 0 saturated heterocycles. The van der Waals surface area contributed by atoms with E-state index in [0.29, 0.717) is 39.0 Å². The molecule has 25 heavy (non-hydrogen) atoms. The molecule has 0 aromatic heterocycles. The zero-order valence-corrected chi connectivity index (χ0v) is 14.3. The van der Waals surface area contributed by atoms with Gasteiger partial charge in [-0.2, -0.15) is 0 Å². The molecule has 0 saturated carbocycles. The predicted octanol–water partition coefficient (Wildman–Crippen LogP) is 0.274. The first-order valence-electron chi connectivity index (χ1n) is 8.30. The van der Waals surface area contributed by atoms with Gasteiger partial charge >= 0.3 is 6.09 Å². The topological polar surface area (TPSA) is 123 Å². The molecule has 3 amide bonds. The lowest BCUT2D eigenvalue weighted by Gasteiger charge is -2.08. The van der Waals surface area contributed by atoms with Crippen molar-refractivity contribution in [3.05, 3.63) is 35.9 Å². The van der Waals surface area contributed by atoms with Crippen LogP contribution < -0.4 is 21.7 Å². The minimum absolute atomic E-state index is 0.211. The maximum Gasteiger partial charge on any atom is 0.407 e. The summed E-state index contributed by atoms with van der Waals surface area (Å²) in [6.07, 6.45) is 0.506. The Hall–Kier alpha value is -2.61. The molecule has 1 aromatic rings. The first kappa shape index (κ1) is 20.4. The number of amides is 3. The Bertz CT molecular complexity index is 537. The highest BCUT2D eigenvalue weighted by atomic mass is 16.5. The third kappa shape index (κ3) is 10.7. The van der Waals surface area contributed by atoms with Crippen LogP contribution in [0.5, 0.6) is 0 Å². The highest BCUT2D eigenvalue weighted by Crippen LogP contribution is 2.00. The molecule has 0 aliphatic heterocycles. The van der Waals surface area contributed by atoms with Crippen molar-refractivity contribution in [2.75, 3.05) is 26.2 Å². The summed E-state index contributed by atoms with van der Waals surface area (Å²) >= 11 is 0. The number of ether oxygens (including phenoxy) is 1. The minimum atomic E-state index is -0.505. The van der Waals surface area contributed by atoms with E-state index in [0.717, 1.165) is 5.56 Å². The van der Waals surface area contributed by atoms with E-state index in [-0.39, 0.29) is 24.8 Å². The van der Waals surface area contributed by atoms with Crippen LogP contribution in [0.4, 0.5) is 4.79 Å². The van der Waals surface area contributed by atoms with Gasteiger partial charge in [-0.1, -0.05) is 30.3 Å². The number of rotatable bonds is 11. The Kier molecular flexibility index (Phi) is 10.4. The first-order valence-corrected chi connectivity index (χ1v) is 8.30. The van der Waals surface area contributed by atoms with Crippen molar-refractivity contribution in [1.29, 1.82) is 0 Å². The molecule has 1 rings (SSSR count). The minimum Gasteiger partial charge on any atom is -0.445 e. The number of carbonyl (C=O) groups is 3. The van der Waals surface area contributed by atoms with Crippen LogP contribution in [0.2, 0.25) is 0 Å². The van der Waals surface area contributed by atoms with E-state index in [4.69, 9.17) is 10.5 Å². The van der Waals surface area contributed by atoms with Crippen molar-refractivity contribution in [2.45, 2.75) is 25.9 Å². The predicted molar refractivity (Wildman–Crippen MR) is 93.6 cm³/mol. The lowest BCUT2D eigenvalue weighted by Crippen LogP contribution is -2.34. The summed E-state index contributed by atoms with van der Waals surface area (Å²) in [4.78, 5) is 34.4. The Balaban J connectivity index is 2.00. The number of nitrogens with two attached hydrogens (primary N) is 1. The fraction of sp³-hybridized carbons (Fsp3) is 0.471. The molecule has 0 fully saturated rings. The number of benzene rings is 1. The molecule has 8 nitrogen and oxygen atoms in total. The van der Waals surface area contributed by atoms with Gasteiger partial charge in [-0.25, -0.2) is 4.79 Å². The van der Waals surface area contributed by atoms with E-state index in [1.807, 2.05) is 30.3 Å². The molecule has 5 N–H and O–H groups in total. The van der Waals surface area contributed by atoms with Crippen LogP contribution in [-0.2, 0) is 20.9 Å². The highest BCUT2D eigenvalue weighted by Gasteiger charge is 2.08. The van der Waals surface area contributed by atoms with Gasteiger partial charge in [0.1, 0.15) is 13.0 Å². The van der Waals surface area contributed by atoms with Gasteiger partial charge in [-0.3, -0.25) is 9.59 Å². The third-order valence-electron chi connectivity index (χ3n) is 3.18. The maximum atomic E-state index is 11.5. The van der Waals surface area contributed by atoms with E-state index in [2.05, 4.69) is 16.0 Å². The van der Waals surface area contributed by atoms with Crippen molar-refractivity contribution in [1.82, 2.24) is 16.0 Å². The molecule has 8 heteroatoms. The summed E-state index contributed by atoms with van der Waals surface area (Å²) in [7, 11) is 0. The fourth-order valence-corrected chi connectivity index (χ4v) is 1.88. The maximum absolute atomic E-state index is 11.5. The monoisotopic (exact) mass is 350 g/mol. The van der Waals surface area contributed by atoms with Crippen molar-refractivity contribution >= 4 is 17.9 Å². The van der Waals surface area contributed by atoms with Gasteiger partial charge in [0.15, 0.2) is 0 Å². The second-order valence-electron chi connectivity index (χ2n) is 5.36. The van der Waals surface area contributed by atoms with Crippen molar-refractivity contribution in [2.24, 2.45) is 5.73 Å². The third-order valence-corrected chi connectivity index (χ3v) is 3.18. The highest BCUT2D eigenvalue weighted by molar-refractivity contribution is 5.96. The average molecular weight is 350 g/mol. The van der Waals surface area contributed by atoms with Crippen LogP contribution in [0.15, 0.2) is 30.3 Å². The lowest BCUT2D eigenvalue weighted by atomic mass is 10.2. The summed E-state index contributed by atoms with van der Waals surface area (Å²) < 4.78 is 5.06.